The van der Waals surface area contributed by atoms with E-state index >= 15 is 0 Å². The minimum absolute atomic E-state index is 0.476. The van der Waals surface area contributed by atoms with Crippen molar-refractivity contribution >= 4 is 15.9 Å². The van der Waals surface area contributed by atoms with E-state index in [9.17, 15) is 5.11 Å². The Morgan fingerprint density at radius 2 is 2.12 bits per heavy atom. The number of aliphatic hydroxyl groups excluding tert-OH is 1. The molecular weight excluding hydrogens is 280 g/mol. The number of pyridine rings is 2. The van der Waals surface area contributed by atoms with Gasteiger partial charge in [-0.1, -0.05) is 0 Å². The van der Waals surface area contributed by atoms with E-state index in [1.54, 1.807) is 12.4 Å². The maximum absolute atomic E-state index is 10.1. The van der Waals surface area contributed by atoms with E-state index in [0.717, 1.165) is 15.7 Å². The van der Waals surface area contributed by atoms with Gasteiger partial charge in [-0.25, -0.2) is 0 Å². The van der Waals surface area contributed by atoms with Crippen LogP contribution in [0.5, 0.6) is 0 Å². The number of aromatic nitrogens is 2. The number of nitrogens with zero attached hydrogens (tertiary/aromatic N) is 2. The van der Waals surface area contributed by atoms with Gasteiger partial charge >= 0.3 is 0 Å². The van der Waals surface area contributed by atoms with Crippen LogP contribution in [0.25, 0.3) is 0 Å². The van der Waals surface area contributed by atoms with Gasteiger partial charge in [0.2, 0.25) is 0 Å². The van der Waals surface area contributed by atoms with Crippen LogP contribution >= 0.6 is 15.9 Å². The summed E-state index contributed by atoms with van der Waals surface area (Å²) in [6.45, 7) is 1.98. The Morgan fingerprint density at radius 1 is 1.29 bits per heavy atom. The highest BCUT2D eigenvalue weighted by atomic mass is 79.9. The summed E-state index contributed by atoms with van der Waals surface area (Å²) in [5.41, 5.74) is 2.64. The Hall–Kier alpha value is -1.26. The summed E-state index contributed by atoms with van der Waals surface area (Å²) in [7, 11) is 0. The quantitative estimate of drug-likeness (QED) is 0.946. The van der Waals surface area contributed by atoms with Gasteiger partial charge in [0.1, 0.15) is 6.10 Å². The van der Waals surface area contributed by atoms with Gasteiger partial charge in [-0.2, -0.15) is 0 Å². The van der Waals surface area contributed by atoms with Crippen LogP contribution in [0, 0.1) is 6.92 Å². The molecule has 1 unspecified atom stereocenters. The van der Waals surface area contributed by atoms with E-state index in [2.05, 4.69) is 25.9 Å². The normalized spacial score (nSPS) is 12.4. The maximum atomic E-state index is 10.1. The Balaban J connectivity index is 2.11. The molecule has 0 radical (unpaired) electrons. The molecule has 2 heterocycles. The molecule has 3 nitrogen and oxygen atoms in total. The Bertz CT molecular complexity index is 499. The number of halogens is 1. The first kappa shape index (κ1) is 12.2. The lowest BCUT2D eigenvalue weighted by Gasteiger charge is -2.10. The summed E-state index contributed by atoms with van der Waals surface area (Å²) >= 11 is 3.33. The topological polar surface area (TPSA) is 46.0 Å². The highest BCUT2D eigenvalue weighted by molar-refractivity contribution is 9.10. The summed E-state index contributed by atoms with van der Waals surface area (Å²) in [5.74, 6) is 0. The largest absolute Gasteiger partial charge is 0.386 e. The van der Waals surface area contributed by atoms with Crippen LogP contribution < -0.4 is 0 Å². The summed E-state index contributed by atoms with van der Waals surface area (Å²) < 4.78 is 0.935. The van der Waals surface area contributed by atoms with Crippen molar-refractivity contribution in [3.63, 3.8) is 0 Å². The lowest BCUT2D eigenvalue weighted by Crippen LogP contribution is -2.05. The maximum Gasteiger partial charge on any atom is 0.101 e. The van der Waals surface area contributed by atoms with Gasteiger partial charge in [0, 0.05) is 29.0 Å². The van der Waals surface area contributed by atoms with Crippen molar-refractivity contribution in [1.82, 2.24) is 9.97 Å². The third-order valence-corrected chi connectivity index (χ3v) is 2.94. The van der Waals surface area contributed by atoms with Gasteiger partial charge < -0.3 is 5.11 Å². The summed E-state index contributed by atoms with van der Waals surface area (Å²) in [4.78, 5) is 8.40. The van der Waals surface area contributed by atoms with Gasteiger partial charge in [-0.15, -0.1) is 0 Å². The highest BCUT2D eigenvalue weighted by Gasteiger charge is 2.10. The molecule has 1 N–H and O–H groups in total. The molecule has 0 spiro atoms. The first-order chi connectivity index (χ1) is 8.15. The molecular formula is C13H13BrN2O. The zero-order chi connectivity index (χ0) is 12.3. The number of aliphatic hydroxyl groups is 1. The van der Waals surface area contributed by atoms with E-state index in [4.69, 9.17) is 0 Å². The molecule has 0 aromatic carbocycles. The van der Waals surface area contributed by atoms with Gasteiger partial charge in [-0.05, 0) is 52.7 Å². The molecule has 0 bridgehead atoms. The predicted molar refractivity (Wildman–Crippen MR) is 69.6 cm³/mol. The predicted octanol–water partition coefficient (Wildman–Crippen LogP) is 2.82. The monoisotopic (exact) mass is 292 g/mol. The highest BCUT2D eigenvalue weighted by Crippen LogP contribution is 2.17. The van der Waals surface area contributed by atoms with Crippen molar-refractivity contribution in [2.45, 2.75) is 19.4 Å². The lowest BCUT2D eigenvalue weighted by atomic mass is 10.1. The molecule has 2 rings (SSSR count). The zero-order valence-corrected chi connectivity index (χ0v) is 11.1. The minimum atomic E-state index is -0.608. The van der Waals surface area contributed by atoms with Gasteiger partial charge in [0.25, 0.3) is 0 Å². The molecule has 1 atom stereocenters. The van der Waals surface area contributed by atoms with Gasteiger partial charge in [0.05, 0.1) is 5.69 Å². The van der Waals surface area contributed by atoms with Gasteiger partial charge in [-0.3, -0.25) is 9.97 Å². The van der Waals surface area contributed by atoms with Gasteiger partial charge in [0.15, 0.2) is 0 Å². The Morgan fingerprint density at radius 3 is 2.76 bits per heavy atom. The number of rotatable bonds is 3. The van der Waals surface area contributed by atoms with Crippen molar-refractivity contribution in [3.05, 3.63) is 58.1 Å². The second-order valence-corrected chi connectivity index (χ2v) is 4.86. The second kappa shape index (κ2) is 5.38. The fraction of sp³-hybridized carbons (Fsp3) is 0.231. The van der Waals surface area contributed by atoms with Crippen LogP contribution in [-0.4, -0.2) is 15.1 Å². The molecule has 88 valence electrons. The first-order valence-corrected chi connectivity index (χ1v) is 6.15. The lowest BCUT2D eigenvalue weighted by molar-refractivity contribution is 0.172. The smallest absolute Gasteiger partial charge is 0.101 e. The molecule has 2 aromatic heterocycles. The van der Waals surface area contributed by atoms with E-state index in [0.29, 0.717) is 12.1 Å². The van der Waals surface area contributed by atoms with Crippen LogP contribution in [0.15, 0.2) is 41.1 Å². The van der Waals surface area contributed by atoms with Crippen molar-refractivity contribution in [3.8, 4) is 0 Å². The molecule has 17 heavy (non-hydrogen) atoms. The van der Waals surface area contributed by atoms with E-state index in [-0.39, 0.29) is 0 Å². The van der Waals surface area contributed by atoms with Crippen LogP contribution in [0.3, 0.4) is 0 Å². The summed E-state index contributed by atoms with van der Waals surface area (Å²) in [6.07, 6.45) is 3.31. The molecule has 0 fully saturated rings. The Kier molecular flexibility index (Phi) is 3.86. The van der Waals surface area contributed by atoms with E-state index < -0.39 is 6.10 Å². The van der Waals surface area contributed by atoms with Crippen molar-refractivity contribution in [2.75, 3.05) is 0 Å². The average molecular weight is 293 g/mol. The molecule has 0 aliphatic carbocycles. The molecule has 2 aromatic rings. The standard InChI is InChI=1S/C13H13BrN2O/c1-9-4-5-15-12(6-9)13(17)7-11-3-2-10(14)8-16-11/h2-6,8,13,17H,7H2,1H3. The second-order valence-electron chi connectivity index (χ2n) is 3.95. The third-order valence-electron chi connectivity index (χ3n) is 2.47. The fourth-order valence-corrected chi connectivity index (χ4v) is 1.81. The first-order valence-electron chi connectivity index (χ1n) is 5.36. The molecule has 0 saturated carbocycles. The Labute approximate surface area is 109 Å². The van der Waals surface area contributed by atoms with Crippen LogP contribution in [-0.2, 0) is 6.42 Å². The number of aryl methyl sites for hydroxylation is 1. The van der Waals surface area contributed by atoms with E-state index in [1.807, 2.05) is 31.2 Å². The molecule has 0 amide bonds. The summed E-state index contributed by atoms with van der Waals surface area (Å²) in [5, 5.41) is 10.1. The van der Waals surface area contributed by atoms with Crippen LogP contribution in [0.1, 0.15) is 23.1 Å². The molecule has 0 aliphatic heterocycles. The van der Waals surface area contributed by atoms with Crippen LogP contribution in [0.2, 0.25) is 0 Å². The number of hydrogen-bond acceptors (Lipinski definition) is 3. The third kappa shape index (κ3) is 3.35. The molecule has 0 saturated heterocycles. The van der Waals surface area contributed by atoms with Crippen molar-refractivity contribution < 1.29 is 5.11 Å². The number of hydrogen-bond donors (Lipinski definition) is 1. The van der Waals surface area contributed by atoms with Crippen molar-refractivity contribution in [2.24, 2.45) is 0 Å². The summed E-state index contributed by atoms with van der Waals surface area (Å²) in [6, 6.07) is 7.61. The molecule has 0 aliphatic rings. The zero-order valence-electron chi connectivity index (χ0n) is 9.47. The SMILES string of the molecule is Cc1ccnc(C(O)Cc2ccc(Br)cn2)c1. The van der Waals surface area contributed by atoms with E-state index in [1.165, 1.54) is 0 Å². The minimum Gasteiger partial charge on any atom is -0.386 e. The van der Waals surface area contributed by atoms with Crippen LogP contribution in [0.4, 0.5) is 0 Å². The molecule has 4 heteroatoms. The van der Waals surface area contributed by atoms with Crippen molar-refractivity contribution in [1.29, 1.82) is 0 Å². The fourth-order valence-electron chi connectivity index (χ4n) is 1.57. The average Bonchev–Trinajstić information content (AvgIpc) is 2.32.